The lowest BCUT2D eigenvalue weighted by Gasteiger charge is -2.11. The molecule has 6 heteroatoms. The van der Waals surface area contributed by atoms with Crippen molar-refractivity contribution < 1.29 is 14.3 Å². The van der Waals surface area contributed by atoms with Gasteiger partial charge in [-0.1, -0.05) is 23.7 Å². The van der Waals surface area contributed by atoms with Crippen molar-refractivity contribution in [2.75, 3.05) is 26.8 Å². The van der Waals surface area contributed by atoms with Crippen LogP contribution >= 0.6 is 11.6 Å². The highest BCUT2D eigenvalue weighted by molar-refractivity contribution is 6.30. The van der Waals surface area contributed by atoms with E-state index in [1.807, 2.05) is 43.3 Å². The first-order valence-electron chi connectivity index (χ1n) is 8.12. The lowest BCUT2D eigenvalue weighted by Crippen LogP contribution is -2.38. The van der Waals surface area contributed by atoms with E-state index in [0.717, 1.165) is 29.0 Å². The van der Waals surface area contributed by atoms with Gasteiger partial charge in [0.25, 0.3) is 0 Å². The minimum Gasteiger partial charge on any atom is -0.497 e. The van der Waals surface area contributed by atoms with Crippen LogP contribution in [-0.2, 0) is 6.42 Å². The Labute approximate surface area is 153 Å². The topological polar surface area (TPSA) is 59.6 Å². The Morgan fingerprint density at radius 3 is 2.68 bits per heavy atom. The first kappa shape index (κ1) is 18.9. The molecule has 0 unspecified atom stereocenters. The van der Waals surface area contributed by atoms with Gasteiger partial charge in [0, 0.05) is 11.6 Å². The second-order valence-corrected chi connectivity index (χ2v) is 5.98. The van der Waals surface area contributed by atoms with E-state index in [1.165, 1.54) is 0 Å². The molecule has 0 saturated heterocycles. The zero-order valence-electron chi connectivity index (χ0n) is 14.5. The largest absolute Gasteiger partial charge is 0.497 e. The van der Waals surface area contributed by atoms with Crippen LogP contribution in [0.25, 0.3) is 0 Å². The number of nitrogens with one attached hydrogen (secondary N) is 2. The summed E-state index contributed by atoms with van der Waals surface area (Å²) in [7, 11) is 1.64. The summed E-state index contributed by atoms with van der Waals surface area (Å²) < 4.78 is 10.8. The summed E-state index contributed by atoms with van der Waals surface area (Å²) in [6, 6.07) is 13.0. The number of aryl methyl sites for hydroxylation is 1. The van der Waals surface area contributed by atoms with Crippen molar-refractivity contribution in [3.8, 4) is 11.5 Å². The minimum absolute atomic E-state index is 0.209. The number of hydrogen-bond acceptors (Lipinski definition) is 3. The Morgan fingerprint density at radius 2 is 1.92 bits per heavy atom. The lowest BCUT2D eigenvalue weighted by molar-refractivity contribution is 0.236. The number of rotatable bonds is 8. The van der Waals surface area contributed by atoms with Crippen molar-refractivity contribution in [3.63, 3.8) is 0 Å². The van der Waals surface area contributed by atoms with Crippen LogP contribution in [0, 0.1) is 6.92 Å². The fourth-order valence-electron chi connectivity index (χ4n) is 2.31. The molecular weight excluding hydrogens is 340 g/mol. The first-order chi connectivity index (χ1) is 12.1. The highest BCUT2D eigenvalue weighted by atomic mass is 35.5. The molecule has 0 radical (unpaired) electrons. The zero-order valence-corrected chi connectivity index (χ0v) is 15.2. The van der Waals surface area contributed by atoms with Gasteiger partial charge in [-0.05, 0) is 54.8 Å². The average Bonchev–Trinajstić information content (AvgIpc) is 2.60. The quantitative estimate of drug-likeness (QED) is 0.706. The molecule has 0 atom stereocenters. The van der Waals surface area contributed by atoms with Crippen LogP contribution in [0.5, 0.6) is 11.5 Å². The summed E-state index contributed by atoms with van der Waals surface area (Å²) in [6.45, 7) is 3.30. The van der Waals surface area contributed by atoms with Crippen LogP contribution in [0.15, 0.2) is 42.5 Å². The van der Waals surface area contributed by atoms with E-state index in [-0.39, 0.29) is 6.03 Å². The van der Waals surface area contributed by atoms with Crippen LogP contribution < -0.4 is 20.1 Å². The molecule has 0 aliphatic carbocycles. The molecule has 5 nitrogen and oxygen atoms in total. The number of urea groups is 1. The Kier molecular flexibility index (Phi) is 7.41. The smallest absolute Gasteiger partial charge is 0.314 e. The molecule has 0 aliphatic rings. The maximum Gasteiger partial charge on any atom is 0.314 e. The normalized spacial score (nSPS) is 10.2. The molecule has 0 aliphatic heterocycles. The second kappa shape index (κ2) is 9.79. The van der Waals surface area contributed by atoms with Gasteiger partial charge >= 0.3 is 6.03 Å². The Hall–Kier alpha value is -2.40. The van der Waals surface area contributed by atoms with E-state index in [1.54, 1.807) is 13.2 Å². The van der Waals surface area contributed by atoms with Gasteiger partial charge in [-0.15, -0.1) is 0 Å². The number of carbonyl (C=O) groups is 1. The van der Waals surface area contributed by atoms with Gasteiger partial charge in [-0.3, -0.25) is 0 Å². The summed E-state index contributed by atoms with van der Waals surface area (Å²) in [6.07, 6.45) is 0.741. The number of carbonyl (C=O) groups excluding carboxylic acids is 1. The van der Waals surface area contributed by atoms with Gasteiger partial charge in [-0.25, -0.2) is 4.79 Å². The van der Waals surface area contributed by atoms with Crippen molar-refractivity contribution in [2.24, 2.45) is 0 Å². The molecule has 2 N–H and O–H groups in total. The molecular formula is C19H23ClN2O3. The van der Waals surface area contributed by atoms with Gasteiger partial charge in [0.2, 0.25) is 0 Å². The van der Waals surface area contributed by atoms with E-state index in [0.29, 0.717) is 24.7 Å². The molecule has 2 aromatic rings. The highest BCUT2D eigenvalue weighted by Crippen LogP contribution is 2.21. The second-order valence-electron chi connectivity index (χ2n) is 5.54. The number of methoxy groups -OCH3 is 1. The molecule has 134 valence electrons. The van der Waals surface area contributed by atoms with Crippen LogP contribution in [0.2, 0.25) is 5.02 Å². The van der Waals surface area contributed by atoms with Gasteiger partial charge in [0.1, 0.15) is 18.1 Å². The standard InChI is InChI=1S/C19H23ClN2O3/c1-14-12-16(20)6-7-18(14)25-11-10-22-19(23)21-9-8-15-4-3-5-17(13-15)24-2/h3-7,12-13H,8-11H2,1-2H3,(H2,21,22,23). The van der Waals surface area contributed by atoms with Gasteiger partial charge < -0.3 is 20.1 Å². The number of amides is 2. The van der Waals surface area contributed by atoms with Gasteiger partial charge in [0.15, 0.2) is 0 Å². The SMILES string of the molecule is COc1cccc(CCNC(=O)NCCOc2ccc(Cl)cc2C)c1. The molecule has 2 rings (SSSR count). The predicted molar refractivity (Wildman–Crippen MR) is 99.8 cm³/mol. The molecule has 2 amide bonds. The minimum atomic E-state index is -0.209. The molecule has 0 bridgehead atoms. The summed E-state index contributed by atoms with van der Waals surface area (Å²) in [5.41, 5.74) is 2.08. The third-order valence-electron chi connectivity index (χ3n) is 3.62. The van der Waals surface area contributed by atoms with E-state index in [4.69, 9.17) is 21.1 Å². The molecule has 0 aromatic heterocycles. The van der Waals surface area contributed by atoms with Crippen molar-refractivity contribution in [1.82, 2.24) is 10.6 Å². The Balaban J connectivity index is 1.62. The molecule has 0 saturated carbocycles. The number of ether oxygens (including phenoxy) is 2. The summed E-state index contributed by atoms with van der Waals surface area (Å²) in [4.78, 5) is 11.8. The Morgan fingerprint density at radius 1 is 1.12 bits per heavy atom. The summed E-state index contributed by atoms with van der Waals surface area (Å²) in [5, 5.41) is 6.27. The Bertz CT molecular complexity index is 707. The third kappa shape index (κ3) is 6.55. The molecule has 0 spiro atoms. The predicted octanol–water partition coefficient (Wildman–Crippen LogP) is 3.58. The van der Waals surface area contributed by atoms with E-state index in [2.05, 4.69) is 10.6 Å². The highest BCUT2D eigenvalue weighted by Gasteiger charge is 2.03. The molecule has 25 heavy (non-hydrogen) atoms. The first-order valence-corrected chi connectivity index (χ1v) is 8.50. The number of benzene rings is 2. The molecule has 2 aromatic carbocycles. The van der Waals surface area contributed by atoms with Crippen molar-refractivity contribution >= 4 is 17.6 Å². The maximum absolute atomic E-state index is 11.8. The average molecular weight is 363 g/mol. The molecule has 0 fully saturated rings. The van der Waals surface area contributed by atoms with E-state index < -0.39 is 0 Å². The summed E-state index contributed by atoms with van der Waals surface area (Å²) in [5.74, 6) is 1.58. The fourth-order valence-corrected chi connectivity index (χ4v) is 2.54. The number of hydrogen-bond donors (Lipinski definition) is 2. The van der Waals surface area contributed by atoms with Gasteiger partial charge in [-0.2, -0.15) is 0 Å². The van der Waals surface area contributed by atoms with Crippen LogP contribution in [0.4, 0.5) is 4.79 Å². The maximum atomic E-state index is 11.8. The van der Waals surface area contributed by atoms with Crippen molar-refractivity contribution in [1.29, 1.82) is 0 Å². The monoisotopic (exact) mass is 362 g/mol. The van der Waals surface area contributed by atoms with E-state index in [9.17, 15) is 4.79 Å². The van der Waals surface area contributed by atoms with Gasteiger partial charge in [0.05, 0.1) is 13.7 Å². The van der Waals surface area contributed by atoms with Crippen LogP contribution in [0.1, 0.15) is 11.1 Å². The van der Waals surface area contributed by atoms with Crippen molar-refractivity contribution in [2.45, 2.75) is 13.3 Å². The van der Waals surface area contributed by atoms with Crippen LogP contribution in [-0.4, -0.2) is 32.8 Å². The zero-order chi connectivity index (χ0) is 18.1. The van der Waals surface area contributed by atoms with E-state index >= 15 is 0 Å². The molecule has 0 heterocycles. The lowest BCUT2D eigenvalue weighted by atomic mass is 10.1. The number of halogens is 1. The van der Waals surface area contributed by atoms with Crippen LogP contribution in [0.3, 0.4) is 0 Å². The fraction of sp³-hybridized carbons (Fsp3) is 0.316. The summed E-state index contributed by atoms with van der Waals surface area (Å²) >= 11 is 5.90. The van der Waals surface area contributed by atoms with Crippen molar-refractivity contribution in [3.05, 3.63) is 58.6 Å². The third-order valence-corrected chi connectivity index (χ3v) is 3.85.